The Kier molecular flexibility index (Phi) is 8.30. The van der Waals surface area contributed by atoms with E-state index in [4.69, 9.17) is 0 Å². The minimum absolute atomic E-state index is 0.00121. The molecule has 1 heterocycles. The third kappa shape index (κ3) is 7.85. The molecule has 0 saturated heterocycles. The predicted octanol–water partition coefficient (Wildman–Crippen LogP) is 3.76. The maximum Gasteiger partial charge on any atom is 0.240 e. The van der Waals surface area contributed by atoms with Crippen molar-refractivity contribution in [1.82, 2.24) is 10.3 Å². The number of anilines is 2. The van der Waals surface area contributed by atoms with Gasteiger partial charge in [-0.15, -0.1) is 0 Å². The third-order valence-electron chi connectivity index (χ3n) is 4.98. The molecule has 2 aromatic rings. The molecule has 0 aliphatic rings. The van der Waals surface area contributed by atoms with Crippen LogP contribution in [0.3, 0.4) is 0 Å². The van der Waals surface area contributed by atoms with Gasteiger partial charge in [0.1, 0.15) is 12.4 Å². The van der Waals surface area contributed by atoms with Gasteiger partial charge in [-0.1, -0.05) is 19.1 Å². The maximum absolute atomic E-state index is 13.0. The van der Waals surface area contributed by atoms with Gasteiger partial charge >= 0.3 is 0 Å². The first kappa shape index (κ1) is 24.1. The molecule has 31 heavy (non-hydrogen) atoms. The molecule has 0 fully saturated rings. The second kappa shape index (κ2) is 10.7. The Morgan fingerprint density at radius 2 is 1.68 bits per heavy atom. The highest BCUT2D eigenvalue weighted by molar-refractivity contribution is 6.01. The molecule has 0 spiro atoms. The number of hydrogen-bond donors (Lipinski definition) is 2. The van der Waals surface area contributed by atoms with E-state index in [1.54, 1.807) is 24.4 Å². The second-order valence-corrected chi connectivity index (χ2v) is 8.37. The molecule has 0 bridgehead atoms. The number of carbonyl (C=O) groups is 3. The van der Waals surface area contributed by atoms with Crippen LogP contribution in [0, 0.1) is 13.8 Å². The lowest BCUT2D eigenvalue weighted by molar-refractivity contribution is -0.125. The molecule has 1 aromatic heterocycles. The summed E-state index contributed by atoms with van der Waals surface area (Å²) in [7, 11) is 0. The Morgan fingerprint density at radius 1 is 1.00 bits per heavy atom. The van der Waals surface area contributed by atoms with E-state index in [-0.39, 0.29) is 42.6 Å². The number of benzene rings is 1. The Labute approximate surface area is 184 Å². The van der Waals surface area contributed by atoms with Crippen molar-refractivity contribution in [3.63, 3.8) is 0 Å². The van der Waals surface area contributed by atoms with Gasteiger partial charge in [0, 0.05) is 30.3 Å². The highest BCUT2D eigenvalue weighted by atomic mass is 16.2. The van der Waals surface area contributed by atoms with Crippen molar-refractivity contribution < 1.29 is 14.4 Å². The van der Waals surface area contributed by atoms with E-state index in [9.17, 15) is 14.4 Å². The molecule has 0 radical (unpaired) electrons. The fourth-order valence-electron chi connectivity index (χ4n) is 3.08. The van der Waals surface area contributed by atoms with Crippen molar-refractivity contribution in [2.24, 2.45) is 0 Å². The van der Waals surface area contributed by atoms with Crippen LogP contribution in [0.25, 0.3) is 0 Å². The monoisotopic (exact) mass is 424 g/mol. The van der Waals surface area contributed by atoms with Gasteiger partial charge in [0.25, 0.3) is 0 Å². The Morgan fingerprint density at radius 3 is 2.26 bits per heavy atom. The summed E-state index contributed by atoms with van der Waals surface area (Å²) in [5.74, 6) is -0.390. The highest BCUT2D eigenvalue weighted by Crippen LogP contribution is 2.20. The minimum atomic E-state index is -0.364. The lowest BCUT2D eigenvalue weighted by atomic mass is 10.0. The quantitative estimate of drug-likeness (QED) is 0.641. The molecule has 166 valence electrons. The van der Waals surface area contributed by atoms with E-state index in [0.29, 0.717) is 11.5 Å². The lowest BCUT2D eigenvalue weighted by Gasteiger charge is -2.28. The van der Waals surface area contributed by atoms with E-state index >= 15 is 0 Å². The van der Waals surface area contributed by atoms with Gasteiger partial charge in [-0.05, 0) is 69.5 Å². The summed E-state index contributed by atoms with van der Waals surface area (Å²) in [5.41, 5.74) is 2.28. The van der Waals surface area contributed by atoms with Crippen LogP contribution < -0.4 is 15.5 Å². The Hall–Kier alpha value is -3.22. The Bertz CT molecular complexity index is 905. The fraction of sp³-hybridized carbons (Fsp3) is 0.417. The van der Waals surface area contributed by atoms with Crippen LogP contribution in [0.15, 0.2) is 42.6 Å². The van der Waals surface area contributed by atoms with Crippen LogP contribution in [0.2, 0.25) is 0 Å². The van der Waals surface area contributed by atoms with Gasteiger partial charge in [0.2, 0.25) is 17.7 Å². The number of hydrogen-bond acceptors (Lipinski definition) is 4. The molecule has 7 nitrogen and oxygen atoms in total. The largest absolute Gasteiger partial charge is 0.350 e. The molecule has 2 N–H and O–H groups in total. The summed E-state index contributed by atoms with van der Waals surface area (Å²) in [4.78, 5) is 43.4. The van der Waals surface area contributed by atoms with Gasteiger partial charge in [-0.25, -0.2) is 4.98 Å². The van der Waals surface area contributed by atoms with Crippen LogP contribution in [-0.4, -0.2) is 34.8 Å². The average molecular weight is 425 g/mol. The van der Waals surface area contributed by atoms with Crippen LogP contribution in [0.4, 0.5) is 11.5 Å². The molecule has 0 atom stereocenters. The zero-order valence-corrected chi connectivity index (χ0v) is 19.0. The molecule has 3 amide bonds. The van der Waals surface area contributed by atoms with Crippen LogP contribution in [-0.2, 0) is 14.4 Å². The molecule has 0 unspecified atom stereocenters. The topological polar surface area (TPSA) is 91.4 Å². The van der Waals surface area contributed by atoms with Crippen LogP contribution >= 0.6 is 0 Å². The molecule has 0 aliphatic carbocycles. The van der Waals surface area contributed by atoms with Crippen molar-refractivity contribution in [3.05, 3.63) is 53.7 Å². The zero-order chi connectivity index (χ0) is 23.0. The molecule has 1 aromatic carbocycles. The van der Waals surface area contributed by atoms with E-state index in [1.165, 1.54) is 4.90 Å². The number of aryl methyl sites for hydroxylation is 2. The SMILES string of the molecule is CCC(C)(C)NC(=O)CN(C(=O)CCC(=O)Nc1ccccn1)c1cc(C)cc(C)c1. The number of carbonyl (C=O) groups excluding carboxylic acids is 3. The smallest absolute Gasteiger partial charge is 0.240 e. The first-order valence-electron chi connectivity index (χ1n) is 10.5. The Balaban J connectivity index is 2.12. The van der Waals surface area contributed by atoms with Crippen molar-refractivity contribution >= 4 is 29.2 Å². The van der Waals surface area contributed by atoms with Crippen LogP contribution in [0.1, 0.15) is 51.2 Å². The molecular weight excluding hydrogens is 392 g/mol. The average Bonchev–Trinajstić information content (AvgIpc) is 2.70. The van der Waals surface area contributed by atoms with Crippen LogP contribution in [0.5, 0.6) is 0 Å². The molecular formula is C24H32N4O3. The van der Waals surface area contributed by atoms with Gasteiger partial charge in [-0.3, -0.25) is 14.4 Å². The predicted molar refractivity (Wildman–Crippen MR) is 123 cm³/mol. The number of amides is 3. The zero-order valence-electron chi connectivity index (χ0n) is 19.0. The van der Waals surface area contributed by atoms with E-state index in [1.807, 2.05) is 52.8 Å². The maximum atomic E-state index is 13.0. The standard InChI is InChI=1S/C24H32N4O3/c1-6-24(4,5)27-22(30)16-28(19-14-17(2)13-18(3)15-19)23(31)11-10-21(29)26-20-9-7-8-12-25-20/h7-9,12-15H,6,10-11,16H2,1-5H3,(H,27,30)(H,25,26,29). The van der Waals surface area contributed by atoms with Crippen molar-refractivity contribution in [1.29, 1.82) is 0 Å². The number of nitrogens with zero attached hydrogens (tertiary/aromatic N) is 2. The van der Waals surface area contributed by atoms with Gasteiger partial charge < -0.3 is 15.5 Å². The van der Waals surface area contributed by atoms with E-state index < -0.39 is 0 Å². The van der Waals surface area contributed by atoms with E-state index in [0.717, 1.165) is 17.5 Å². The molecule has 2 rings (SSSR count). The van der Waals surface area contributed by atoms with E-state index in [2.05, 4.69) is 15.6 Å². The van der Waals surface area contributed by atoms with Gasteiger partial charge in [-0.2, -0.15) is 0 Å². The highest BCUT2D eigenvalue weighted by Gasteiger charge is 2.24. The summed E-state index contributed by atoms with van der Waals surface area (Å²) in [6, 6.07) is 11.0. The fourth-order valence-corrected chi connectivity index (χ4v) is 3.08. The number of aromatic nitrogens is 1. The number of pyridine rings is 1. The molecule has 0 aliphatic heterocycles. The number of nitrogens with one attached hydrogen (secondary N) is 2. The first-order chi connectivity index (χ1) is 14.6. The molecule has 7 heteroatoms. The van der Waals surface area contributed by atoms with Gasteiger partial charge in [0.05, 0.1) is 0 Å². The second-order valence-electron chi connectivity index (χ2n) is 8.37. The summed E-state index contributed by atoms with van der Waals surface area (Å²) in [5, 5.41) is 5.64. The summed E-state index contributed by atoms with van der Waals surface area (Å²) in [6.45, 7) is 9.66. The van der Waals surface area contributed by atoms with Crippen molar-refractivity contribution in [2.75, 3.05) is 16.8 Å². The lowest BCUT2D eigenvalue weighted by Crippen LogP contribution is -2.48. The summed E-state index contributed by atoms with van der Waals surface area (Å²) in [6.07, 6.45) is 2.33. The number of rotatable bonds is 9. The normalized spacial score (nSPS) is 11.0. The summed E-state index contributed by atoms with van der Waals surface area (Å²) < 4.78 is 0. The summed E-state index contributed by atoms with van der Waals surface area (Å²) >= 11 is 0. The van der Waals surface area contributed by atoms with Crippen molar-refractivity contribution in [3.8, 4) is 0 Å². The van der Waals surface area contributed by atoms with Gasteiger partial charge in [0.15, 0.2) is 0 Å². The molecule has 0 saturated carbocycles. The third-order valence-corrected chi connectivity index (χ3v) is 4.98. The first-order valence-corrected chi connectivity index (χ1v) is 10.5. The van der Waals surface area contributed by atoms with Crippen molar-refractivity contribution in [2.45, 2.75) is 59.4 Å². The minimum Gasteiger partial charge on any atom is -0.350 e.